The van der Waals surface area contributed by atoms with Gasteiger partial charge in [-0.15, -0.1) is 0 Å². The van der Waals surface area contributed by atoms with Crippen LogP contribution in [0.3, 0.4) is 0 Å². The summed E-state index contributed by atoms with van der Waals surface area (Å²) in [5.41, 5.74) is -2.13. The van der Waals surface area contributed by atoms with Gasteiger partial charge in [0, 0.05) is 5.56 Å². The van der Waals surface area contributed by atoms with Gasteiger partial charge in [0.1, 0.15) is 17.4 Å². The lowest BCUT2D eigenvalue weighted by Crippen LogP contribution is -2.31. The van der Waals surface area contributed by atoms with Crippen LogP contribution >= 0.6 is 0 Å². The SMILES string of the molecule is CC(C)(F)C(C(=O)O)c1ccccc1F. The van der Waals surface area contributed by atoms with Crippen molar-refractivity contribution >= 4 is 5.97 Å². The summed E-state index contributed by atoms with van der Waals surface area (Å²) >= 11 is 0. The summed E-state index contributed by atoms with van der Waals surface area (Å²) < 4.78 is 26.9. The molecule has 0 bridgehead atoms. The highest BCUT2D eigenvalue weighted by atomic mass is 19.1. The largest absolute Gasteiger partial charge is 0.481 e. The van der Waals surface area contributed by atoms with Crippen LogP contribution in [0.15, 0.2) is 24.3 Å². The van der Waals surface area contributed by atoms with Gasteiger partial charge >= 0.3 is 5.97 Å². The molecule has 4 heteroatoms. The smallest absolute Gasteiger partial charge is 0.314 e. The maximum absolute atomic E-state index is 13.6. The Morgan fingerprint density at radius 1 is 1.40 bits per heavy atom. The number of hydrogen-bond donors (Lipinski definition) is 1. The predicted octanol–water partition coefficient (Wildman–Crippen LogP) is 2.74. The molecule has 0 aliphatic carbocycles. The molecule has 1 atom stereocenters. The standard InChI is InChI=1S/C11H12F2O2/c1-11(2,13)9(10(14)15)7-5-3-4-6-8(7)12/h3-6,9H,1-2H3,(H,14,15). The summed E-state index contributed by atoms with van der Waals surface area (Å²) in [7, 11) is 0. The molecule has 0 aromatic heterocycles. The minimum Gasteiger partial charge on any atom is -0.481 e. The van der Waals surface area contributed by atoms with Gasteiger partial charge in [-0.2, -0.15) is 0 Å². The highest BCUT2D eigenvalue weighted by Gasteiger charge is 2.38. The van der Waals surface area contributed by atoms with Crippen molar-refractivity contribution in [2.75, 3.05) is 0 Å². The number of benzene rings is 1. The van der Waals surface area contributed by atoms with E-state index < -0.39 is 23.4 Å². The molecule has 0 aliphatic heterocycles. The molecule has 1 aromatic carbocycles. The fourth-order valence-electron chi connectivity index (χ4n) is 1.51. The molecule has 82 valence electrons. The highest BCUT2D eigenvalue weighted by Crippen LogP contribution is 2.32. The fourth-order valence-corrected chi connectivity index (χ4v) is 1.51. The number of carboxylic acid groups (broad SMARTS) is 1. The zero-order valence-corrected chi connectivity index (χ0v) is 8.50. The Morgan fingerprint density at radius 3 is 2.33 bits per heavy atom. The average molecular weight is 214 g/mol. The van der Waals surface area contributed by atoms with Gasteiger partial charge in [-0.05, 0) is 19.9 Å². The Bertz CT molecular complexity index is 369. The van der Waals surface area contributed by atoms with E-state index in [0.29, 0.717) is 0 Å². The van der Waals surface area contributed by atoms with Crippen LogP contribution in [0.2, 0.25) is 0 Å². The lowest BCUT2D eigenvalue weighted by molar-refractivity contribution is -0.142. The van der Waals surface area contributed by atoms with E-state index in [0.717, 1.165) is 19.9 Å². The van der Waals surface area contributed by atoms with E-state index in [1.165, 1.54) is 18.2 Å². The van der Waals surface area contributed by atoms with Gasteiger partial charge in [0.05, 0.1) is 0 Å². The normalized spacial score (nSPS) is 13.6. The Labute approximate surface area is 86.5 Å². The first-order chi connectivity index (χ1) is 6.84. The van der Waals surface area contributed by atoms with Crippen molar-refractivity contribution in [1.29, 1.82) is 0 Å². The summed E-state index contributed by atoms with van der Waals surface area (Å²) in [4.78, 5) is 10.9. The molecule has 0 saturated carbocycles. The van der Waals surface area contributed by atoms with Crippen molar-refractivity contribution in [3.63, 3.8) is 0 Å². The zero-order chi connectivity index (χ0) is 11.6. The molecule has 15 heavy (non-hydrogen) atoms. The number of alkyl halides is 1. The monoisotopic (exact) mass is 214 g/mol. The fraction of sp³-hybridized carbons (Fsp3) is 0.364. The lowest BCUT2D eigenvalue weighted by Gasteiger charge is -2.23. The molecular formula is C11H12F2O2. The topological polar surface area (TPSA) is 37.3 Å². The van der Waals surface area contributed by atoms with Gasteiger partial charge in [0.25, 0.3) is 0 Å². The highest BCUT2D eigenvalue weighted by molar-refractivity contribution is 5.77. The Hall–Kier alpha value is -1.45. The van der Waals surface area contributed by atoms with E-state index in [1.54, 1.807) is 0 Å². The first kappa shape index (κ1) is 11.6. The van der Waals surface area contributed by atoms with Crippen LogP contribution in [0.5, 0.6) is 0 Å². The summed E-state index contributed by atoms with van der Waals surface area (Å²) in [6, 6.07) is 5.33. The minimum atomic E-state index is -2.01. The summed E-state index contributed by atoms with van der Waals surface area (Å²) in [5, 5.41) is 8.88. The van der Waals surface area contributed by atoms with Crippen LogP contribution in [-0.4, -0.2) is 16.7 Å². The Kier molecular flexibility index (Phi) is 3.07. The quantitative estimate of drug-likeness (QED) is 0.839. The van der Waals surface area contributed by atoms with E-state index in [-0.39, 0.29) is 5.56 Å². The second kappa shape index (κ2) is 3.96. The molecule has 2 nitrogen and oxygen atoms in total. The molecule has 1 rings (SSSR count). The van der Waals surface area contributed by atoms with Crippen LogP contribution in [0, 0.1) is 5.82 Å². The number of hydrogen-bond acceptors (Lipinski definition) is 1. The summed E-state index contributed by atoms with van der Waals surface area (Å²) in [5.74, 6) is -3.55. The van der Waals surface area contributed by atoms with Crippen LogP contribution in [0.25, 0.3) is 0 Å². The molecular weight excluding hydrogens is 202 g/mol. The second-order valence-corrected chi connectivity index (χ2v) is 3.86. The number of carbonyl (C=O) groups is 1. The third-order valence-corrected chi connectivity index (χ3v) is 2.15. The molecule has 0 heterocycles. The number of aliphatic carboxylic acids is 1. The lowest BCUT2D eigenvalue weighted by atomic mass is 9.86. The molecule has 0 fully saturated rings. The molecule has 0 amide bonds. The first-order valence-electron chi connectivity index (χ1n) is 4.50. The maximum Gasteiger partial charge on any atom is 0.314 e. The van der Waals surface area contributed by atoms with Crippen molar-refractivity contribution in [2.45, 2.75) is 25.4 Å². The van der Waals surface area contributed by atoms with E-state index in [4.69, 9.17) is 5.11 Å². The zero-order valence-electron chi connectivity index (χ0n) is 8.50. The second-order valence-electron chi connectivity index (χ2n) is 3.86. The van der Waals surface area contributed by atoms with Gasteiger partial charge in [-0.25, -0.2) is 8.78 Å². The van der Waals surface area contributed by atoms with Crippen molar-refractivity contribution in [3.05, 3.63) is 35.6 Å². The van der Waals surface area contributed by atoms with Gasteiger partial charge in [0.15, 0.2) is 0 Å². The Balaban J connectivity index is 3.23. The third kappa shape index (κ3) is 2.52. The van der Waals surface area contributed by atoms with Crippen molar-refractivity contribution in [1.82, 2.24) is 0 Å². The number of halogens is 2. The van der Waals surface area contributed by atoms with Crippen molar-refractivity contribution < 1.29 is 18.7 Å². The molecule has 1 aromatic rings. The van der Waals surface area contributed by atoms with E-state index in [9.17, 15) is 13.6 Å². The van der Waals surface area contributed by atoms with Gasteiger partial charge in [-0.1, -0.05) is 18.2 Å². The molecule has 0 spiro atoms. The maximum atomic E-state index is 13.6. The van der Waals surface area contributed by atoms with Crippen LogP contribution in [0.1, 0.15) is 25.3 Å². The van der Waals surface area contributed by atoms with Crippen LogP contribution in [-0.2, 0) is 4.79 Å². The minimum absolute atomic E-state index is 0.127. The van der Waals surface area contributed by atoms with Crippen molar-refractivity contribution in [3.8, 4) is 0 Å². The molecule has 0 radical (unpaired) electrons. The number of carboxylic acids is 1. The van der Waals surface area contributed by atoms with Crippen molar-refractivity contribution in [2.24, 2.45) is 0 Å². The molecule has 0 saturated heterocycles. The van der Waals surface area contributed by atoms with E-state index in [1.807, 2.05) is 0 Å². The average Bonchev–Trinajstić information content (AvgIpc) is 2.05. The number of rotatable bonds is 3. The third-order valence-electron chi connectivity index (χ3n) is 2.15. The predicted molar refractivity (Wildman–Crippen MR) is 52.0 cm³/mol. The summed E-state index contributed by atoms with van der Waals surface area (Å²) in [6.45, 7) is 2.25. The summed E-state index contributed by atoms with van der Waals surface area (Å²) in [6.07, 6.45) is 0. The van der Waals surface area contributed by atoms with Gasteiger partial charge in [0.2, 0.25) is 0 Å². The molecule has 1 unspecified atom stereocenters. The molecule has 0 aliphatic rings. The first-order valence-corrected chi connectivity index (χ1v) is 4.50. The van der Waals surface area contributed by atoms with E-state index >= 15 is 0 Å². The van der Waals surface area contributed by atoms with Gasteiger partial charge < -0.3 is 5.11 Å². The van der Waals surface area contributed by atoms with E-state index in [2.05, 4.69) is 0 Å². The van der Waals surface area contributed by atoms with Crippen LogP contribution < -0.4 is 0 Å². The molecule has 1 N–H and O–H groups in total. The van der Waals surface area contributed by atoms with Crippen LogP contribution in [0.4, 0.5) is 8.78 Å². The Morgan fingerprint density at radius 2 is 1.93 bits per heavy atom. The van der Waals surface area contributed by atoms with Gasteiger partial charge in [-0.3, -0.25) is 4.79 Å².